The zero-order chi connectivity index (χ0) is 15.5. The number of hydrogen-bond acceptors (Lipinski definition) is 4. The van der Waals surface area contributed by atoms with E-state index < -0.39 is 0 Å². The molecule has 0 amide bonds. The van der Waals surface area contributed by atoms with Crippen LogP contribution in [0, 0.1) is 12.8 Å². The van der Waals surface area contributed by atoms with Gasteiger partial charge in [0.05, 0.1) is 5.69 Å². The van der Waals surface area contributed by atoms with Gasteiger partial charge in [0.1, 0.15) is 18.0 Å². The molecule has 2 heterocycles. The first kappa shape index (κ1) is 15.3. The van der Waals surface area contributed by atoms with Crippen LogP contribution < -0.4 is 10.2 Å². The van der Waals surface area contributed by atoms with Crippen molar-refractivity contribution in [3.8, 4) is 0 Å². The molecule has 1 unspecified atom stereocenters. The molecule has 1 fully saturated rings. The largest absolute Gasteiger partial charge is 0.356 e. The quantitative estimate of drug-likeness (QED) is 0.872. The molecule has 1 saturated heterocycles. The van der Waals surface area contributed by atoms with Gasteiger partial charge in [-0.2, -0.15) is 0 Å². The SMILES string of the molecule is Cc1ccc(Nc2cc(N3CCCC(C)C3)ncn2)c(Br)c1. The van der Waals surface area contributed by atoms with Gasteiger partial charge in [0.15, 0.2) is 0 Å². The third-order valence-corrected chi connectivity index (χ3v) is 4.68. The number of piperidine rings is 1. The van der Waals surface area contributed by atoms with Gasteiger partial charge >= 0.3 is 0 Å². The minimum Gasteiger partial charge on any atom is -0.356 e. The van der Waals surface area contributed by atoms with E-state index in [1.165, 1.54) is 18.4 Å². The third kappa shape index (κ3) is 3.58. The van der Waals surface area contributed by atoms with Crippen molar-refractivity contribution in [3.05, 3.63) is 40.6 Å². The normalized spacial score (nSPS) is 18.3. The lowest BCUT2D eigenvalue weighted by Gasteiger charge is -2.31. The summed E-state index contributed by atoms with van der Waals surface area (Å²) in [6.45, 7) is 6.53. The molecular weight excluding hydrogens is 340 g/mol. The molecule has 2 aromatic rings. The van der Waals surface area contributed by atoms with Gasteiger partial charge in [0.25, 0.3) is 0 Å². The van der Waals surface area contributed by atoms with E-state index in [4.69, 9.17) is 0 Å². The summed E-state index contributed by atoms with van der Waals surface area (Å²) in [6, 6.07) is 8.27. The van der Waals surface area contributed by atoms with Crippen molar-refractivity contribution >= 4 is 33.3 Å². The van der Waals surface area contributed by atoms with Crippen LogP contribution in [0.25, 0.3) is 0 Å². The number of anilines is 3. The zero-order valence-electron chi connectivity index (χ0n) is 13.0. The Bertz CT molecular complexity index is 659. The van der Waals surface area contributed by atoms with Gasteiger partial charge in [-0.3, -0.25) is 0 Å². The Morgan fingerprint density at radius 1 is 1.27 bits per heavy atom. The summed E-state index contributed by atoms with van der Waals surface area (Å²) in [4.78, 5) is 11.1. The van der Waals surface area contributed by atoms with Crippen molar-refractivity contribution < 1.29 is 0 Å². The minimum atomic E-state index is 0.728. The van der Waals surface area contributed by atoms with E-state index in [1.807, 2.05) is 6.07 Å². The lowest BCUT2D eigenvalue weighted by Crippen LogP contribution is -2.34. The van der Waals surface area contributed by atoms with Crippen molar-refractivity contribution in [2.75, 3.05) is 23.3 Å². The second-order valence-corrected chi connectivity index (χ2v) is 6.92. The van der Waals surface area contributed by atoms with Crippen LogP contribution in [0.3, 0.4) is 0 Å². The summed E-state index contributed by atoms with van der Waals surface area (Å²) in [5.74, 6) is 2.56. The molecule has 4 nitrogen and oxygen atoms in total. The van der Waals surface area contributed by atoms with Crippen molar-refractivity contribution in [1.29, 1.82) is 0 Å². The highest BCUT2D eigenvalue weighted by atomic mass is 79.9. The highest BCUT2D eigenvalue weighted by Crippen LogP contribution is 2.28. The first-order valence-corrected chi connectivity index (χ1v) is 8.51. The fourth-order valence-electron chi connectivity index (χ4n) is 2.85. The first-order valence-electron chi connectivity index (χ1n) is 7.72. The molecule has 116 valence electrons. The van der Waals surface area contributed by atoms with Gasteiger partial charge in [0.2, 0.25) is 0 Å². The number of nitrogens with one attached hydrogen (secondary N) is 1. The number of aryl methyl sites for hydroxylation is 1. The number of halogens is 1. The maximum absolute atomic E-state index is 4.44. The fourth-order valence-corrected chi connectivity index (χ4v) is 3.44. The van der Waals surface area contributed by atoms with E-state index >= 15 is 0 Å². The van der Waals surface area contributed by atoms with Crippen LogP contribution in [0.4, 0.5) is 17.3 Å². The molecule has 1 atom stereocenters. The number of nitrogens with zero attached hydrogens (tertiary/aromatic N) is 3. The molecule has 0 bridgehead atoms. The van der Waals surface area contributed by atoms with Crippen molar-refractivity contribution in [1.82, 2.24) is 9.97 Å². The zero-order valence-corrected chi connectivity index (χ0v) is 14.6. The van der Waals surface area contributed by atoms with Crippen molar-refractivity contribution in [2.45, 2.75) is 26.7 Å². The van der Waals surface area contributed by atoms with Crippen LogP contribution in [0.2, 0.25) is 0 Å². The molecule has 0 spiro atoms. The van der Waals surface area contributed by atoms with E-state index in [9.17, 15) is 0 Å². The highest BCUT2D eigenvalue weighted by molar-refractivity contribution is 9.10. The summed E-state index contributed by atoms with van der Waals surface area (Å²) >= 11 is 3.59. The fraction of sp³-hybridized carbons (Fsp3) is 0.412. The lowest BCUT2D eigenvalue weighted by atomic mass is 10.0. The summed E-state index contributed by atoms with van der Waals surface area (Å²) in [5.41, 5.74) is 2.24. The number of rotatable bonds is 3. The standard InChI is InChI=1S/C17H21BrN4/c1-12-5-6-15(14(18)8-12)21-16-9-17(20-11-19-16)22-7-3-4-13(2)10-22/h5-6,8-9,11,13H,3-4,7,10H2,1-2H3,(H,19,20,21). The number of benzene rings is 1. The van der Waals surface area contributed by atoms with Crippen LogP contribution in [0.1, 0.15) is 25.3 Å². The van der Waals surface area contributed by atoms with Gasteiger partial charge in [-0.25, -0.2) is 9.97 Å². The van der Waals surface area contributed by atoms with Crippen LogP contribution in [-0.4, -0.2) is 23.1 Å². The minimum absolute atomic E-state index is 0.728. The second kappa shape index (κ2) is 6.65. The second-order valence-electron chi connectivity index (χ2n) is 6.06. The first-order chi connectivity index (χ1) is 10.6. The Kier molecular flexibility index (Phi) is 4.62. The van der Waals surface area contributed by atoms with Gasteiger partial charge in [0, 0.05) is 23.6 Å². The Labute approximate surface area is 140 Å². The van der Waals surface area contributed by atoms with Crippen molar-refractivity contribution in [2.24, 2.45) is 5.92 Å². The molecule has 0 aliphatic carbocycles. The van der Waals surface area contributed by atoms with E-state index in [0.29, 0.717) is 0 Å². The summed E-state index contributed by atoms with van der Waals surface area (Å²) < 4.78 is 1.04. The Morgan fingerprint density at radius 2 is 2.14 bits per heavy atom. The molecule has 1 N–H and O–H groups in total. The molecule has 22 heavy (non-hydrogen) atoms. The molecule has 0 saturated carbocycles. The van der Waals surface area contributed by atoms with Gasteiger partial charge < -0.3 is 10.2 Å². The number of aromatic nitrogens is 2. The summed E-state index contributed by atoms with van der Waals surface area (Å²) in [6.07, 6.45) is 4.18. The van der Waals surface area contributed by atoms with Crippen LogP contribution in [-0.2, 0) is 0 Å². The van der Waals surface area contributed by atoms with Crippen LogP contribution >= 0.6 is 15.9 Å². The van der Waals surface area contributed by atoms with E-state index in [1.54, 1.807) is 6.33 Å². The smallest absolute Gasteiger partial charge is 0.135 e. The third-order valence-electron chi connectivity index (χ3n) is 4.02. The predicted molar refractivity (Wildman–Crippen MR) is 94.8 cm³/mol. The number of hydrogen-bond donors (Lipinski definition) is 1. The van der Waals surface area contributed by atoms with Gasteiger partial charge in [-0.15, -0.1) is 0 Å². The lowest BCUT2D eigenvalue weighted by molar-refractivity contribution is 0.444. The van der Waals surface area contributed by atoms with Gasteiger partial charge in [-0.1, -0.05) is 13.0 Å². The molecule has 1 aromatic heterocycles. The average Bonchev–Trinajstić information content (AvgIpc) is 2.50. The van der Waals surface area contributed by atoms with E-state index in [0.717, 1.165) is 40.8 Å². The summed E-state index contributed by atoms with van der Waals surface area (Å²) in [7, 11) is 0. The Morgan fingerprint density at radius 3 is 2.91 bits per heavy atom. The maximum Gasteiger partial charge on any atom is 0.135 e. The topological polar surface area (TPSA) is 41.0 Å². The molecule has 1 aliphatic rings. The predicted octanol–water partition coefficient (Wildman–Crippen LogP) is 4.53. The van der Waals surface area contributed by atoms with Crippen LogP contribution in [0.15, 0.2) is 35.1 Å². The Balaban J connectivity index is 1.79. The molecule has 1 aromatic carbocycles. The monoisotopic (exact) mass is 360 g/mol. The van der Waals surface area contributed by atoms with Crippen LogP contribution in [0.5, 0.6) is 0 Å². The van der Waals surface area contributed by atoms with E-state index in [-0.39, 0.29) is 0 Å². The van der Waals surface area contributed by atoms with Crippen molar-refractivity contribution in [3.63, 3.8) is 0 Å². The summed E-state index contributed by atoms with van der Waals surface area (Å²) in [5, 5.41) is 3.37. The van der Waals surface area contributed by atoms with E-state index in [2.05, 4.69) is 68.2 Å². The maximum atomic E-state index is 4.44. The molecule has 1 aliphatic heterocycles. The molecule has 5 heteroatoms. The Hall–Kier alpha value is -1.62. The molecular formula is C17H21BrN4. The van der Waals surface area contributed by atoms with Gasteiger partial charge in [-0.05, 0) is 59.3 Å². The highest BCUT2D eigenvalue weighted by Gasteiger charge is 2.18. The molecule has 0 radical (unpaired) electrons. The molecule has 3 rings (SSSR count). The average molecular weight is 361 g/mol.